The van der Waals surface area contributed by atoms with E-state index in [1.807, 2.05) is 0 Å². The molecule has 12 nitrogen and oxygen atoms in total. The fraction of sp³-hybridized carbons (Fsp3) is 0.423. The Balaban J connectivity index is 1.83. The number of benzene rings is 2. The van der Waals surface area contributed by atoms with E-state index < -0.39 is 91.8 Å². The molecule has 224 valence electrons. The number of methoxy groups -OCH3 is 1. The molecule has 0 saturated carbocycles. The SMILES string of the molecule is COCC(=O)N[C@H]1[C@H]([C@@H](O)[C@H](O)CNC(=O)c2ccc(Cl)cc2)O[C@@](OCc2cccc(F)c2F)(C(=O)O)C[C@@H]1O. The van der Waals surface area contributed by atoms with Gasteiger partial charge < -0.3 is 45.3 Å². The summed E-state index contributed by atoms with van der Waals surface area (Å²) in [6.07, 6.45) is -8.22. The maximum absolute atomic E-state index is 14.2. The number of amides is 2. The molecule has 6 atom stereocenters. The molecule has 1 heterocycles. The fourth-order valence-electron chi connectivity index (χ4n) is 4.17. The summed E-state index contributed by atoms with van der Waals surface area (Å²) in [5.74, 6) is -8.43. The van der Waals surface area contributed by atoms with Crippen molar-refractivity contribution in [2.24, 2.45) is 0 Å². The Labute approximate surface area is 237 Å². The third-order valence-electron chi connectivity index (χ3n) is 6.30. The molecule has 2 amide bonds. The quantitative estimate of drug-likeness (QED) is 0.198. The number of carboxylic acids is 1. The van der Waals surface area contributed by atoms with Crippen LogP contribution in [0.3, 0.4) is 0 Å². The lowest BCUT2D eigenvalue weighted by Crippen LogP contribution is -2.68. The Morgan fingerprint density at radius 1 is 1.17 bits per heavy atom. The molecule has 1 aliphatic heterocycles. The van der Waals surface area contributed by atoms with Crippen molar-refractivity contribution in [1.82, 2.24) is 10.6 Å². The first-order chi connectivity index (χ1) is 19.4. The fourth-order valence-corrected chi connectivity index (χ4v) is 4.29. The average Bonchev–Trinajstić information content (AvgIpc) is 2.93. The molecular weight excluding hydrogens is 574 g/mol. The number of carboxylic acid groups (broad SMARTS) is 1. The van der Waals surface area contributed by atoms with Gasteiger partial charge in [-0.15, -0.1) is 0 Å². The molecule has 1 fully saturated rings. The lowest BCUT2D eigenvalue weighted by Gasteiger charge is -2.46. The van der Waals surface area contributed by atoms with Crippen LogP contribution in [0.4, 0.5) is 8.78 Å². The number of aliphatic carboxylic acids is 1. The Kier molecular flexibility index (Phi) is 11.1. The van der Waals surface area contributed by atoms with E-state index in [1.54, 1.807) is 0 Å². The number of aliphatic hydroxyl groups excluding tert-OH is 3. The van der Waals surface area contributed by atoms with Gasteiger partial charge >= 0.3 is 5.97 Å². The molecule has 41 heavy (non-hydrogen) atoms. The van der Waals surface area contributed by atoms with Gasteiger partial charge in [-0.1, -0.05) is 23.7 Å². The van der Waals surface area contributed by atoms with E-state index in [2.05, 4.69) is 10.6 Å². The number of nitrogens with one attached hydrogen (secondary N) is 2. The Morgan fingerprint density at radius 2 is 1.85 bits per heavy atom. The molecule has 3 rings (SSSR count). The summed E-state index contributed by atoms with van der Waals surface area (Å²) >= 11 is 5.81. The maximum atomic E-state index is 14.2. The van der Waals surface area contributed by atoms with Crippen LogP contribution in [-0.2, 0) is 30.4 Å². The van der Waals surface area contributed by atoms with E-state index in [1.165, 1.54) is 37.4 Å². The zero-order valence-electron chi connectivity index (χ0n) is 21.6. The van der Waals surface area contributed by atoms with Crippen molar-refractivity contribution in [1.29, 1.82) is 0 Å². The van der Waals surface area contributed by atoms with Gasteiger partial charge in [0.15, 0.2) is 11.6 Å². The van der Waals surface area contributed by atoms with Crippen molar-refractivity contribution >= 4 is 29.4 Å². The summed E-state index contributed by atoms with van der Waals surface area (Å²) in [6, 6.07) is 7.44. The molecule has 0 radical (unpaired) electrons. The molecule has 1 saturated heterocycles. The number of halogens is 3. The number of carbonyl (C=O) groups excluding carboxylic acids is 2. The summed E-state index contributed by atoms with van der Waals surface area (Å²) in [6.45, 7) is -1.84. The average molecular weight is 603 g/mol. The Bertz CT molecular complexity index is 1240. The van der Waals surface area contributed by atoms with Crippen LogP contribution in [0.25, 0.3) is 0 Å². The normalized spacial score (nSPS) is 23.8. The molecule has 15 heteroatoms. The minimum atomic E-state index is -2.72. The second kappa shape index (κ2) is 14.1. The van der Waals surface area contributed by atoms with Crippen LogP contribution in [0.5, 0.6) is 0 Å². The second-order valence-corrected chi connectivity index (χ2v) is 9.65. The van der Waals surface area contributed by atoms with Gasteiger partial charge in [0, 0.05) is 36.2 Å². The zero-order chi connectivity index (χ0) is 30.3. The van der Waals surface area contributed by atoms with Gasteiger partial charge in [-0.3, -0.25) is 9.59 Å². The van der Waals surface area contributed by atoms with Crippen molar-refractivity contribution in [2.45, 2.75) is 49.3 Å². The van der Waals surface area contributed by atoms with Gasteiger partial charge in [0.25, 0.3) is 11.7 Å². The summed E-state index contributed by atoms with van der Waals surface area (Å²) in [5, 5.41) is 47.6. The topological polar surface area (TPSA) is 184 Å². The molecule has 0 spiro atoms. The predicted molar refractivity (Wildman–Crippen MR) is 137 cm³/mol. The third kappa shape index (κ3) is 7.95. The van der Waals surface area contributed by atoms with E-state index in [9.17, 15) is 43.6 Å². The van der Waals surface area contributed by atoms with Gasteiger partial charge in [0.2, 0.25) is 5.91 Å². The first-order valence-electron chi connectivity index (χ1n) is 12.2. The van der Waals surface area contributed by atoms with E-state index in [0.29, 0.717) is 5.02 Å². The smallest absolute Gasteiger partial charge is 0.364 e. The first-order valence-corrected chi connectivity index (χ1v) is 12.6. The molecule has 0 unspecified atom stereocenters. The van der Waals surface area contributed by atoms with E-state index >= 15 is 0 Å². The number of rotatable bonds is 12. The summed E-state index contributed by atoms with van der Waals surface area (Å²) in [5.41, 5.74) is -0.172. The highest BCUT2D eigenvalue weighted by Gasteiger charge is 2.56. The molecule has 2 aromatic rings. The zero-order valence-corrected chi connectivity index (χ0v) is 22.4. The highest BCUT2D eigenvalue weighted by atomic mass is 35.5. The second-order valence-electron chi connectivity index (χ2n) is 9.21. The monoisotopic (exact) mass is 602 g/mol. The molecule has 2 aromatic carbocycles. The van der Waals surface area contributed by atoms with Gasteiger partial charge in [-0.05, 0) is 30.3 Å². The van der Waals surface area contributed by atoms with E-state index in [-0.39, 0.29) is 11.1 Å². The number of hydrogen-bond donors (Lipinski definition) is 6. The molecule has 0 bridgehead atoms. The Morgan fingerprint density at radius 3 is 2.49 bits per heavy atom. The molecular formula is C26H29ClF2N2O10. The molecule has 1 aliphatic rings. The van der Waals surface area contributed by atoms with Crippen molar-refractivity contribution in [3.05, 3.63) is 70.2 Å². The highest BCUT2D eigenvalue weighted by Crippen LogP contribution is 2.34. The van der Waals surface area contributed by atoms with Crippen molar-refractivity contribution in [3.63, 3.8) is 0 Å². The molecule has 0 aliphatic carbocycles. The van der Waals surface area contributed by atoms with Crippen LogP contribution in [0, 0.1) is 11.6 Å². The lowest BCUT2D eigenvalue weighted by molar-refractivity contribution is -0.314. The third-order valence-corrected chi connectivity index (χ3v) is 6.56. The van der Waals surface area contributed by atoms with Crippen LogP contribution in [0.2, 0.25) is 5.02 Å². The van der Waals surface area contributed by atoms with Crippen LogP contribution in [-0.4, -0.2) is 94.7 Å². The van der Waals surface area contributed by atoms with E-state index in [0.717, 1.165) is 12.1 Å². The summed E-state index contributed by atoms with van der Waals surface area (Å²) < 4.78 is 43.5. The number of carbonyl (C=O) groups is 3. The van der Waals surface area contributed by atoms with Gasteiger partial charge in [0.05, 0.1) is 24.9 Å². The van der Waals surface area contributed by atoms with Gasteiger partial charge in [-0.2, -0.15) is 0 Å². The minimum absolute atomic E-state index is 0.188. The summed E-state index contributed by atoms with van der Waals surface area (Å²) in [7, 11) is 1.22. The largest absolute Gasteiger partial charge is 0.477 e. The van der Waals surface area contributed by atoms with Crippen LogP contribution in [0.15, 0.2) is 42.5 Å². The number of hydrogen-bond acceptors (Lipinski definition) is 9. The van der Waals surface area contributed by atoms with Crippen molar-refractivity contribution in [2.75, 3.05) is 20.3 Å². The van der Waals surface area contributed by atoms with Crippen LogP contribution < -0.4 is 10.6 Å². The van der Waals surface area contributed by atoms with Crippen molar-refractivity contribution in [3.8, 4) is 0 Å². The van der Waals surface area contributed by atoms with Crippen molar-refractivity contribution < 1.29 is 57.8 Å². The standard InChI is InChI=1S/C26H29ClF2N2O10/c1-39-12-19(34)31-21-17(32)9-26(25(37)38,40-11-14-3-2-4-16(28)20(14)29)41-23(21)22(35)18(33)10-30-24(36)13-5-7-15(27)8-6-13/h2-8,17-18,21-23,32-33,35H,9-12H2,1H3,(H,30,36)(H,31,34)(H,37,38)/t17-,18+,21+,22-,23+,26+/m0/s1. The predicted octanol–water partition coefficient (Wildman–Crippen LogP) is 0.349. The summed E-state index contributed by atoms with van der Waals surface area (Å²) in [4.78, 5) is 37.0. The number of aliphatic hydroxyl groups is 3. The van der Waals surface area contributed by atoms with Gasteiger partial charge in [-0.25, -0.2) is 13.6 Å². The van der Waals surface area contributed by atoms with Gasteiger partial charge in [0.1, 0.15) is 18.8 Å². The highest BCUT2D eigenvalue weighted by molar-refractivity contribution is 6.30. The Hall–Kier alpha value is -3.24. The van der Waals surface area contributed by atoms with Crippen LogP contribution >= 0.6 is 11.6 Å². The number of ether oxygens (including phenoxy) is 3. The van der Waals surface area contributed by atoms with Crippen LogP contribution in [0.1, 0.15) is 22.3 Å². The van der Waals surface area contributed by atoms with E-state index in [4.69, 9.17) is 25.8 Å². The molecule has 6 N–H and O–H groups in total. The lowest BCUT2D eigenvalue weighted by atomic mass is 9.88. The minimum Gasteiger partial charge on any atom is -0.477 e. The maximum Gasteiger partial charge on any atom is 0.364 e. The molecule has 0 aromatic heterocycles. The first kappa shape index (κ1) is 32.3.